The molecule has 0 aliphatic heterocycles. The molecule has 28 heavy (non-hydrogen) atoms. The lowest BCUT2D eigenvalue weighted by molar-refractivity contribution is 0.756. The van der Waals surface area contributed by atoms with Crippen molar-refractivity contribution in [1.82, 2.24) is 29.3 Å². The molecule has 0 aliphatic carbocycles. The summed E-state index contributed by atoms with van der Waals surface area (Å²) in [5.41, 5.74) is 7.47. The standard InChI is InChI=1S/C20H20Cl2N6/c1-11-19(15-9-26(4)23-12(15)2)25-28(18-7-6-14(21)8-17(18)22)20(11)16-10-27(5)24-13(16)3/h6-10H,1-5H3. The summed E-state index contributed by atoms with van der Waals surface area (Å²) in [4.78, 5) is 0. The zero-order valence-corrected chi connectivity index (χ0v) is 17.8. The Hall–Kier alpha value is -2.57. The summed E-state index contributed by atoms with van der Waals surface area (Å²) in [6, 6.07) is 5.42. The highest BCUT2D eigenvalue weighted by molar-refractivity contribution is 6.35. The average Bonchev–Trinajstić information content (AvgIpc) is 3.22. The van der Waals surface area contributed by atoms with Crippen LogP contribution >= 0.6 is 23.2 Å². The van der Waals surface area contributed by atoms with Gasteiger partial charge in [0.25, 0.3) is 0 Å². The molecule has 0 atom stereocenters. The molecule has 0 N–H and O–H groups in total. The maximum Gasteiger partial charge on any atom is 0.0997 e. The van der Waals surface area contributed by atoms with Crippen molar-refractivity contribution in [3.8, 4) is 28.2 Å². The van der Waals surface area contributed by atoms with Crippen LogP contribution in [0.3, 0.4) is 0 Å². The monoisotopic (exact) mass is 414 g/mol. The minimum Gasteiger partial charge on any atom is -0.275 e. The fourth-order valence-electron chi connectivity index (χ4n) is 3.56. The number of hydrogen-bond donors (Lipinski definition) is 0. The Labute approximate surface area is 173 Å². The maximum atomic E-state index is 6.53. The molecule has 0 unspecified atom stereocenters. The summed E-state index contributed by atoms with van der Waals surface area (Å²) in [6.07, 6.45) is 3.98. The predicted molar refractivity (Wildman–Crippen MR) is 112 cm³/mol. The highest BCUT2D eigenvalue weighted by Gasteiger charge is 2.24. The van der Waals surface area contributed by atoms with Gasteiger partial charge in [0.2, 0.25) is 0 Å². The second kappa shape index (κ2) is 6.79. The molecule has 144 valence electrons. The molecule has 0 spiro atoms. The molecule has 6 nitrogen and oxygen atoms in total. The van der Waals surface area contributed by atoms with Crippen LogP contribution in [-0.4, -0.2) is 29.3 Å². The van der Waals surface area contributed by atoms with Gasteiger partial charge in [-0.15, -0.1) is 0 Å². The second-order valence-electron chi connectivity index (χ2n) is 6.93. The summed E-state index contributed by atoms with van der Waals surface area (Å²) in [6.45, 7) is 6.04. The van der Waals surface area contributed by atoms with Crippen molar-refractivity contribution in [1.29, 1.82) is 0 Å². The Morgan fingerprint density at radius 3 is 1.96 bits per heavy atom. The highest BCUT2D eigenvalue weighted by atomic mass is 35.5. The minimum atomic E-state index is 0.534. The largest absolute Gasteiger partial charge is 0.275 e. The van der Waals surface area contributed by atoms with Gasteiger partial charge in [-0.25, -0.2) is 4.68 Å². The van der Waals surface area contributed by atoms with Crippen molar-refractivity contribution < 1.29 is 0 Å². The lowest BCUT2D eigenvalue weighted by atomic mass is 10.0. The minimum absolute atomic E-state index is 0.534. The quantitative estimate of drug-likeness (QED) is 0.478. The molecule has 0 bridgehead atoms. The summed E-state index contributed by atoms with van der Waals surface area (Å²) in [7, 11) is 3.82. The van der Waals surface area contributed by atoms with Gasteiger partial charge in [0, 0.05) is 48.2 Å². The number of aromatic nitrogens is 6. The first-order chi connectivity index (χ1) is 13.3. The van der Waals surface area contributed by atoms with Crippen LogP contribution in [-0.2, 0) is 14.1 Å². The Balaban J connectivity index is 2.05. The molecule has 0 fully saturated rings. The SMILES string of the molecule is Cc1nn(C)cc1-c1nn(-c2ccc(Cl)cc2Cl)c(-c2cn(C)nc2C)c1C. The van der Waals surface area contributed by atoms with Crippen molar-refractivity contribution >= 4 is 23.2 Å². The van der Waals surface area contributed by atoms with E-state index in [1.807, 2.05) is 57.2 Å². The van der Waals surface area contributed by atoms with Gasteiger partial charge >= 0.3 is 0 Å². The summed E-state index contributed by atoms with van der Waals surface area (Å²) in [5.74, 6) is 0. The van der Waals surface area contributed by atoms with Gasteiger partial charge in [-0.05, 0) is 39.0 Å². The molecule has 0 aliphatic rings. The van der Waals surface area contributed by atoms with Crippen LogP contribution in [0.1, 0.15) is 17.0 Å². The lowest BCUT2D eigenvalue weighted by Gasteiger charge is -2.10. The highest BCUT2D eigenvalue weighted by Crippen LogP contribution is 2.37. The first-order valence-corrected chi connectivity index (χ1v) is 9.58. The van der Waals surface area contributed by atoms with E-state index < -0.39 is 0 Å². The molecular weight excluding hydrogens is 395 g/mol. The first kappa shape index (κ1) is 18.8. The van der Waals surface area contributed by atoms with Gasteiger partial charge in [0.1, 0.15) is 0 Å². The van der Waals surface area contributed by atoms with Gasteiger partial charge in [0.15, 0.2) is 0 Å². The van der Waals surface area contributed by atoms with E-state index in [9.17, 15) is 0 Å². The number of hydrogen-bond acceptors (Lipinski definition) is 3. The number of rotatable bonds is 3. The van der Waals surface area contributed by atoms with Crippen LogP contribution in [0.25, 0.3) is 28.2 Å². The van der Waals surface area contributed by atoms with Gasteiger partial charge in [-0.1, -0.05) is 23.2 Å². The van der Waals surface area contributed by atoms with E-state index in [2.05, 4.69) is 17.1 Å². The van der Waals surface area contributed by atoms with Crippen LogP contribution in [0, 0.1) is 20.8 Å². The second-order valence-corrected chi connectivity index (χ2v) is 7.78. The van der Waals surface area contributed by atoms with Crippen LogP contribution in [0.15, 0.2) is 30.6 Å². The lowest BCUT2D eigenvalue weighted by Crippen LogP contribution is -2.01. The van der Waals surface area contributed by atoms with E-state index in [1.54, 1.807) is 15.4 Å². The van der Waals surface area contributed by atoms with Gasteiger partial charge in [0.05, 0.1) is 33.5 Å². The molecule has 8 heteroatoms. The summed E-state index contributed by atoms with van der Waals surface area (Å²) >= 11 is 12.6. The van der Waals surface area contributed by atoms with E-state index >= 15 is 0 Å². The van der Waals surface area contributed by atoms with Crippen molar-refractivity contribution in [3.63, 3.8) is 0 Å². The Bertz CT molecular complexity index is 1200. The van der Waals surface area contributed by atoms with Crippen molar-refractivity contribution in [2.24, 2.45) is 14.1 Å². The zero-order valence-electron chi connectivity index (χ0n) is 16.3. The predicted octanol–water partition coefficient (Wildman–Crippen LogP) is 4.91. The molecular formula is C20H20Cl2N6. The van der Waals surface area contributed by atoms with Crippen LogP contribution < -0.4 is 0 Å². The molecule has 3 aromatic heterocycles. The molecule has 4 aromatic rings. The maximum absolute atomic E-state index is 6.53. The Morgan fingerprint density at radius 1 is 0.821 bits per heavy atom. The summed E-state index contributed by atoms with van der Waals surface area (Å²) in [5, 5.41) is 15.0. The van der Waals surface area contributed by atoms with E-state index in [-0.39, 0.29) is 0 Å². The Kier molecular flexibility index (Phi) is 4.56. The van der Waals surface area contributed by atoms with Crippen LogP contribution in [0.4, 0.5) is 0 Å². The first-order valence-electron chi connectivity index (χ1n) is 8.82. The fraction of sp³-hybridized carbons (Fsp3) is 0.250. The fourth-order valence-corrected chi connectivity index (χ4v) is 4.05. The van der Waals surface area contributed by atoms with E-state index in [0.717, 1.165) is 45.2 Å². The van der Waals surface area contributed by atoms with Gasteiger partial charge in [-0.3, -0.25) is 9.36 Å². The third kappa shape index (κ3) is 3.02. The van der Waals surface area contributed by atoms with Crippen molar-refractivity contribution in [3.05, 3.63) is 57.6 Å². The van der Waals surface area contributed by atoms with E-state index in [4.69, 9.17) is 28.3 Å². The number of aryl methyl sites for hydroxylation is 4. The number of nitrogens with zero attached hydrogens (tertiary/aromatic N) is 6. The topological polar surface area (TPSA) is 53.5 Å². The van der Waals surface area contributed by atoms with Crippen LogP contribution in [0.5, 0.6) is 0 Å². The smallest absolute Gasteiger partial charge is 0.0997 e. The molecule has 3 heterocycles. The van der Waals surface area contributed by atoms with E-state index in [1.165, 1.54) is 0 Å². The van der Waals surface area contributed by atoms with Gasteiger partial charge in [-0.2, -0.15) is 15.3 Å². The van der Waals surface area contributed by atoms with Gasteiger partial charge < -0.3 is 0 Å². The molecule has 0 amide bonds. The van der Waals surface area contributed by atoms with E-state index in [0.29, 0.717) is 10.0 Å². The van der Waals surface area contributed by atoms with Crippen molar-refractivity contribution in [2.45, 2.75) is 20.8 Å². The number of benzene rings is 1. The molecule has 0 radical (unpaired) electrons. The third-order valence-electron chi connectivity index (χ3n) is 4.80. The molecule has 0 saturated carbocycles. The average molecular weight is 415 g/mol. The normalized spacial score (nSPS) is 11.4. The molecule has 4 rings (SSSR count). The number of halogens is 2. The Morgan fingerprint density at radius 2 is 1.43 bits per heavy atom. The molecule has 0 saturated heterocycles. The van der Waals surface area contributed by atoms with Crippen LogP contribution in [0.2, 0.25) is 10.0 Å². The third-order valence-corrected chi connectivity index (χ3v) is 5.34. The summed E-state index contributed by atoms with van der Waals surface area (Å²) < 4.78 is 5.48. The molecule has 1 aromatic carbocycles. The van der Waals surface area contributed by atoms with Crippen molar-refractivity contribution in [2.75, 3.05) is 0 Å². The zero-order chi connectivity index (χ0) is 20.2.